The molecule has 3 unspecified atom stereocenters. The predicted octanol–water partition coefficient (Wildman–Crippen LogP) is 19.3. The highest BCUT2D eigenvalue weighted by Gasteiger charge is 2.41. The molecule has 5 heteroatoms. The minimum absolute atomic E-state index is 0.0857. The monoisotopic (exact) mass is 1090 g/mol. The van der Waals surface area contributed by atoms with Crippen LogP contribution in [0.3, 0.4) is 0 Å². The van der Waals surface area contributed by atoms with Gasteiger partial charge in [-0.2, -0.15) is 0 Å². The lowest BCUT2D eigenvalue weighted by molar-refractivity contribution is 0.0244. The molecule has 84 heavy (non-hydrogen) atoms. The molecular formula is C79H66N2O3. The summed E-state index contributed by atoms with van der Waals surface area (Å²) in [5, 5.41) is 2.43. The zero-order chi connectivity index (χ0) is 56.3. The van der Waals surface area contributed by atoms with Gasteiger partial charge in [-0.15, -0.1) is 0 Å². The minimum atomic E-state index is -0.191. The van der Waals surface area contributed by atoms with Gasteiger partial charge in [0.25, 0.3) is 0 Å². The molecule has 1 heterocycles. The molecule has 3 atom stereocenters. The Balaban J connectivity index is 0.738. The van der Waals surface area contributed by atoms with Gasteiger partial charge < -0.3 is 23.7 Å². The summed E-state index contributed by atoms with van der Waals surface area (Å²) in [6.45, 7) is 10.9. The van der Waals surface area contributed by atoms with Crippen LogP contribution in [0.1, 0.15) is 93.7 Å². The van der Waals surface area contributed by atoms with Crippen molar-refractivity contribution in [2.75, 3.05) is 4.90 Å². The number of fused-ring (bicyclic) bond motifs is 8. The first-order valence-electron chi connectivity index (χ1n) is 29.8. The highest BCUT2D eigenvalue weighted by atomic mass is 16.5. The van der Waals surface area contributed by atoms with Gasteiger partial charge in [-0.05, 0) is 162 Å². The van der Waals surface area contributed by atoms with Crippen molar-refractivity contribution < 1.29 is 14.2 Å². The molecule has 4 aliphatic carbocycles. The Morgan fingerprint density at radius 3 is 1.70 bits per heavy atom. The third-order valence-electron chi connectivity index (χ3n) is 18.3. The molecule has 0 spiro atoms. The average molecular weight is 1090 g/mol. The van der Waals surface area contributed by atoms with E-state index in [0.717, 1.165) is 47.5 Å². The quantitative estimate of drug-likeness (QED) is 0.0910. The molecule has 11 aromatic rings. The smallest absolute Gasteiger partial charge is 0.0872 e. The standard InChI is InChI=1S/C79H66N2O3/c1-4-52-18-20-53(21-19-52)48-82-49-56-24-38-69-70-39-37-66(47-74(70)79(2,3)73(69)43-56)80(63-33-26-58(27-34-63)57-12-6-5-7-13-57)64-35-28-59(29-36-64)60-30-41-76-72(44-60)71-42-55(51-84-78-46-62-15-9-11-17-68(62)78)25-40-75(71)81(76)65-31-22-54(23-32-65)50-83-77-45-61-14-8-10-16-67(61)77/h4-36,38-44,47,66,77-78H,1,37,45-46,48-51H2,2-3H3. The fourth-order valence-corrected chi connectivity index (χ4v) is 13.6. The SMILES string of the molecule is C=Cc1ccc(COCc2ccc3c(c2)C(C)(C)C2=CC(N(c4ccc(-c5ccccc5)cc4)c4ccc(-c5ccc6c(c5)c5cc(COC7Cc8ccccc87)ccc5n6-c5ccc(COC6Cc7ccccc76)cc5)cc4)CC=C23)cc1. The van der Waals surface area contributed by atoms with Crippen molar-refractivity contribution >= 4 is 44.8 Å². The Labute approximate surface area is 493 Å². The van der Waals surface area contributed by atoms with E-state index in [1.807, 2.05) is 6.08 Å². The van der Waals surface area contributed by atoms with Gasteiger partial charge in [0.2, 0.25) is 0 Å². The number of aromatic nitrogens is 1. The second-order valence-electron chi connectivity index (χ2n) is 23.8. The Hall–Kier alpha value is -9.10. The highest BCUT2D eigenvalue weighted by Crippen LogP contribution is 2.53. The molecule has 0 aliphatic heterocycles. The van der Waals surface area contributed by atoms with Crippen molar-refractivity contribution in [3.63, 3.8) is 0 Å². The summed E-state index contributed by atoms with van der Waals surface area (Å²) in [4.78, 5) is 2.55. The van der Waals surface area contributed by atoms with Crippen LogP contribution in [0.5, 0.6) is 0 Å². The van der Waals surface area contributed by atoms with Crippen LogP contribution < -0.4 is 4.90 Å². The third-order valence-corrected chi connectivity index (χ3v) is 18.3. The van der Waals surface area contributed by atoms with E-state index in [4.69, 9.17) is 14.2 Å². The molecule has 0 bridgehead atoms. The molecule has 5 nitrogen and oxygen atoms in total. The Kier molecular flexibility index (Phi) is 13.3. The van der Waals surface area contributed by atoms with Gasteiger partial charge >= 0.3 is 0 Å². The van der Waals surface area contributed by atoms with Crippen molar-refractivity contribution in [3.05, 3.63) is 316 Å². The minimum Gasteiger partial charge on any atom is -0.372 e. The van der Waals surface area contributed by atoms with Crippen molar-refractivity contribution in [2.24, 2.45) is 0 Å². The number of allylic oxidation sites excluding steroid dienone is 2. The molecule has 15 rings (SSSR count). The summed E-state index contributed by atoms with van der Waals surface area (Å²) < 4.78 is 21.7. The summed E-state index contributed by atoms with van der Waals surface area (Å²) in [5.41, 5.74) is 27.0. The van der Waals surface area contributed by atoms with Crippen molar-refractivity contribution in [1.82, 2.24) is 4.57 Å². The zero-order valence-electron chi connectivity index (χ0n) is 47.7. The number of rotatable bonds is 17. The van der Waals surface area contributed by atoms with Crippen molar-refractivity contribution in [1.29, 1.82) is 0 Å². The summed E-state index contributed by atoms with van der Waals surface area (Å²) in [7, 11) is 0. The van der Waals surface area contributed by atoms with Gasteiger partial charge in [-0.3, -0.25) is 0 Å². The zero-order valence-corrected chi connectivity index (χ0v) is 47.7. The fraction of sp³-hybridized carbons (Fsp3) is 0.165. The van der Waals surface area contributed by atoms with Crippen LogP contribution in [-0.4, -0.2) is 10.6 Å². The van der Waals surface area contributed by atoms with E-state index in [1.165, 1.54) is 105 Å². The lowest BCUT2D eigenvalue weighted by Crippen LogP contribution is -2.32. The van der Waals surface area contributed by atoms with Crippen LogP contribution in [0, 0.1) is 0 Å². The summed E-state index contributed by atoms with van der Waals surface area (Å²) >= 11 is 0. The highest BCUT2D eigenvalue weighted by molar-refractivity contribution is 6.10. The second-order valence-corrected chi connectivity index (χ2v) is 23.8. The van der Waals surface area contributed by atoms with Gasteiger partial charge in [0.1, 0.15) is 0 Å². The van der Waals surface area contributed by atoms with Crippen LogP contribution in [0.25, 0.3) is 61.4 Å². The Morgan fingerprint density at radius 2 is 1.04 bits per heavy atom. The normalized spacial score (nSPS) is 17.0. The molecule has 0 fully saturated rings. The first kappa shape index (κ1) is 51.8. The van der Waals surface area contributed by atoms with Gasteiger partial charge in [0.05, 0.1) is 55.7 Å². The largest absolute Gasteiger partial charge is 0.372 e. The topological polar surface area (TPSA) is 35.9 Å². The third kappa shape index (κ3) is 9.53. The van der Waals surface area contributed by atoms with Crippen molar-refractivity contribution in [3.8, 4) is 27.9 Å². The summed E-state index contributed by atoms with van der Waals surface area (Å²) in [5.74, 6) is 0. The molecule has 410 valence electrons. The number of anilines is 2. The van der Waals surface area contributed by atoms with E-state index in [2.05, 4.69) is 273 Å². The van der Waals surface area contributed by atoms with Gasteiger partial charge in [0, 0.05) is 46.1 Å². The van der Waals surface area contributed by atoms with E-state index in [9.17, 15) is 0 Å². The van der Waals surface area contributed by atoms with E-state index in [0.29, 0.717) is 26.4 Å². The van der Waals surface area contributed by atoms with Crippen LogP contribution in [0.2, 0.25) is 0 Å². The molecular weight excluding hydrogens is 1020 g/mol. The Bertz CT molecular complexity index is 4360. The van der Waals surface area contributed by atoms with Gasteiger partial charge in [-0.25, -0.2) is 0 Å². The molecule has 0 radical (unpaired) electrons. The Morgan fingerprint density at radius 1 is 0.512 bits per heavy atom. The van der Waals surface area contributed by atoms with Crippen LogP contribution >= 0.6 is 0 Å². The molecule has 4 aliphatic rings. The lowest BCUT2D eigenvalue weighted by atomic mass is 9.79. The number of hydrogen-bond acceptors (Lipinski definition) is 4. The van der Waals surface area contributed by atoms with E-state index in [-0.39, 0.29) is 23.7 Å². The maximum Gasteiger partial charge on any atom is 0.0872 e. The first-order valence-corrected chi connectivity index (χ1v) is 29.8. The lowest BCUT2D eigenvalue weighted by Gasteiger charge is -2.36. The van der Waals surface area contributed by atoms with E-state index >= 15 is 0 Å². The van der Waals surface area contributed by atoms with E-state index in [1.54, 1.807) is 0 Å². The number of hydrogen-bond donors (Lipinski definition) is 0. The predicted molar refractivity (Wildman–Crippen MR) is 345 cm³/mol. The van der Waals surface area contributed by atoms with Gasteiger partial charge in [-0.1, -0.05) is 209 Å². The number of benzene rings is 10. The van der Waals surface area contributed by atoms with Crippen LogP contribution in [0.15, 0.2) is 255 Å². The number of nitrogens with zero attached hydrogens (tertiary/aromatic N) is 2. The molecule has 10 aromatic carbocycles. The molecule has 0 amide bonds. The molecule has 1 aromatic heterocycles. The van der Waals surface area contributed by atoms with Crippen molar-refractivity contribution in [2.45, 2.75) is 83.2 Å². The summed E-state index contributed by atoms with van der Waals surface area (Å²) in [6, 6.07) is 84.6. The van der Waals surface area contributed by atoms with E-state index < -0.39 is 0 Å². The molecule has 0 N–H and O–H groups in total. The van der Waals surface area contributed by atoms with Crippen LogP contribution in [-0.2, 0) is 58.9 Å². The molecule has 0 saturated heterocycles. The van der Waals surface area contributed by atoms with Gasteiger partial charge in [0.15, 0.2) is 0 Å². The molecule has 0 saturated carbocycles. The number of ether oxygens (including phenoxy) is 3. The fourth-order valence-electron chi connectivity index (χ4n) is 13.6. The first-order chi connectivity index (χ1) is 41.3. The maximum absolute atomic E-state index is 6.60. The summed E-state index contributed by atoms with van der Waals surface area (Å²) in [6.07, 6.45) is 10.0. The van der Waals surface area contributed by atoms with Crippen LogP contribution in [0.4, 0.5) is 11.4 Å². The average Bonchev–Trinajstić information content (AvgIpc) is 2.54. The second kappa shape index (κ2) is 21.6. The maximum atomic E-state index is 6.60.